The highest BCUT2D eigenvalue weighted by Gasteiger charge is 2.19. The van der Waals surface area contributed by atoms with E-state index in [0.29, 0.717) is 13.0 Å². The van der Waals surface area contributed by atoms with Crippen molar-refractivity contribution in [2.75, 3.05) is 38.1 Å². The first-order valence-corrected chi connectivity index (χ1v) is 10.7. The lowest BCUT2D eigenvalue weighted by molar-refractivity contribution is -0.147. The maximum atomic E-state index is 12.2. The molecule has 1 aromatic carbocycles. The number of amides is 1. The number of anilines is 1. The highest BCUT2D eigenvalue weighted by atomic mass is 16.5. The van der Waals surface area contributed by atoms with Gasteiger partial charge in [-0.3, -0.25) is 14.5 Å². The number of piperidine rings is 1. The Kier molecular flexibility index (Phi) is 8.03. The topological polar surface area (TPSA) is 79.9 Å². The standard InChI is InChI=1S/C22H33N3O4/c1-16(2)29-22(27)8-12-25-11-7-17-3-4-19(13-18(17)14-25)24-21(26)15-28-20-5-9-23-10-6-20/h3-4,13,16,20,23H,5-12,14-15H2,1-2H3,(H,24,26). The van der Waals surface area contributed by atoms with Gasteiger partial charge in [-0.25, -0.2) is 0 Å². The Morgan fingerprint density at radius 3 is 2.79 bits per heavy atom. The van der Waals surface area contributed by atoms with Crippen LogP contribution in [0.3, 0.4) is 0 Å². The van der Waals surface area contributed by atoms with E-state index in [4.69, 9.17) is 9.47 Å². The van der Waals surface area contributed by atoms with Gasteiger partial charge in [0.1, 0.15) is 6.61 Å². The van der Waals surface area contributed by atoms with Gasteiger partial charge in [0, 0.05) is 25.3 Å². The minimum Gasteiger partial charge on any atom is -0.463 e. The molecule has 7 heteroatoms. The van der Waals surface area contributed by atoms with Crippen molar-refractivity contribution in [3.63, 3.8) is 0 Å². The van der Waals surface area contributed by atoms with Gasteiger partial charge in [-0.15, -0.1) is 0 Å². The highest BCUT2D eigenvalue weighted by molar-refractivity contribution is 5.91. The van der Waals surface area contributed by atoms with E-state index in [2.05, 4.69) is 21.6 Å². The second-order valence-corrected chi connectivity index (χ2v) is 8.11. The third-order valence-corrected chi connectivity index (χ3v) is 5.32. The minimum absolute atomic E-state index is 0.0745. The first-order valence-electron chi connectivity index (χ1n) is 10.7. The summed E-state index contributed by atoms with van der Waals surface area (Å²) in [5, 5.41) is 6.23. The number of esters is 1. The van der Waals surface area contributed by atoms with Crippen LogP contribution in [0.15, 0.2) is 18.2 Å². The van der Waals surface area contributed by atoms with E-state index in [9.17, 15) is 9.59 Å². The number of nitrogens with zero attached hydrogens (tertiary/aromatic N) is 1. The molecule has 2 N–H and O–H groups in total. The summed E-state index contributed by atoms with van der Waals surface area (Å²) < 4.78 is 10.9. The van der Waals surface area contributed by atoms with Crippen LogP contribution in [0.5, 0.6) is 0 Å². The van der Waals surface area contributed by atoms with Gasteiger partial charge in [0.05, 0.1) is 18.6 Å². The summed E-state index contributed by atoms with van der Waals surface area (Å²) in [7, 11) is 0. The van der Waals surface area contributed by atoms with Crippen molar-refractivity contribution in [3.05, 3.63) is 29.3 Å². The number of carbonyl (C=O) groups excluding carboxylic acids is 2. The number of benzene rings is 1. The SMILES string of the molecule is CC(C)OC(=O)CCN1CCc2ccc(NC(=O)COC3CCNCC3)cc2C1. The van der Waals surface area contributed by atoms with Gasteiger partial charge in [-0.2, -0.15) is 0 Å². The molecule has 2 aliphatic heterocycles. The normalized spacial score (nSPS) is 17.8. The van der Waals surface area contributed by atoms with Crippen LogP contribution in [-0.4, -0.2) is 61.8 Å². The third-order valence-electron chi connectivity index (χ3n) is 5.32. The van der Waals surface area contributed by atoms with Crippen LogP contribution in [0, 0.1) is 0 Å². The quantitative estimate of drug-likeness (QED) is 0.647. The molecule has 0 atom stereocenters. The van der Waals surface area contributed by atoms with Crippen molar-refractivity contribution in [2.45, 2.75) is 58.3 Å². The molecule has 0 bridgehead atoms. The smallest absolute Gasteiger partial charge is 0.307 e. The van der Waals surface area contributed by atoms with E-state index < -0.39 is 0 Å². The maximum Gasteiger partial charge on any atom is 0.307 e. The number of carbonyl (C=O) groups is 2. The maximum absolute atomic E-state index is 12.2. The molecule has 2 aliphatic rings. The minimum atomic E-state index is -0.152. The van der Waals surface area contributed by atoms with E-state index in [0.717, 1.165) is 51.1 Å². The van der Waals surface area contributed by atoms with Crippen LogP contribution in [-0.2, 0) is 32.0 Å². The largest absolute Gasteiger partial charge is 0.463 e. The number of ether oxygens (including phenoxy) is 2. The Morgan fingerprint density at radius 2 is 2.03 bits per heavy atom. The van der Waals surface area contributed by atoms with E-state index >= 15 is 0 Å². The van der Waals surface area contributed by atoms with E-state index in [1.54, 1.807) is 0 Å². The van der Waals surface area contributed by atoms with Gasteiger partial charge in [-0.05, 0) is 69.5 Å². The third kappa shape index (κ3) is 7.10. The van der Waals surface area contributed by atoms with Crippen LogP contribution < -0.4 is 10.6 Å². The van der Waals surface area contributed by atoms with Crippen LogP contribution in [0.1, 0.15) is 44.2 Å². The number of rotatable bonds is 8. The molecule has 0 saturated carbocycles. The Bertz CT molecular complexity index is 701. The van der Waals surface area contributed by atoms with Crippen LogP contribution in [0.2, 0.25) is 0 Å². The average Bonchev–Trinajstić information content (AvgIpc) is 2.71. The molecule has 160 valence electrons. The van der Waals surface area contributed by atoms with Crippen LogP contribution in [0.25, 0.3) is 0 Å². The fourth-order valence-corrected chi connectivity index (χ4v) is 3.81. The molecule has 7 nitrogen and oxygen atoms in total. The number of fused-ring (bicyclic) bond motifs is 1. The fourth-order valence-electron chi connectivity index (χ4n) is 3.81. The summed E-state index contributed by atoms with van der Waals surface area (Å²) >= 11 is 0. The lowest BCUT2D eigenvalue weighted by Crippen LogP contribution is -2.34. The first kappa shape index (κ1) is 21.7. The first-order chi connectivity index (χ1) is 14.0. The predicted octanol–water partition coefficient (Wildman–Crippen LogP) is 2.09. The summed E-state index contributed by atoms with van der Waals surface area (Å²) in [5.74, 6) is -0.270. The van der Waals surface area contributed by atoms with Gasteiger partial charge in [0.15, 0.2) is 0 Å². The van der Waals surface area contributed by atoms with Gasteiger partial charge >= 0.3 is 5.97 Å². The molecule has 0 radical (unpaired) electrons. The monoisotopic (exact) mass is 403 g/mol. The van der Waals surface area contributed by atoms with Crippen molar-refractivity contribution in [1.29, 1.82) is 0 Å². The molecule has 0 unspecified atom stereocenters. The summed E-state index contributed by atoms with van der Waals surface area (Å²) in [6, 6.07) is 6.08. The van der Waals surface area contributed by atoms with Gasteiger partial charge in [0.25, 0.3) is 0 Å². The second-order valence-electron chi connectivity index (χ2n) is 8.11. The van der Waals surface area contributed by atoms with E-state index in [1.807, 2.05) is 26.0 Å². The van der Waals surface area contributed by atoms with E-state index in [1.165, 1.54) is 11.1 Å². The number of hydrogen-bond donors (Lipinski definition) is 2. The molecule has 1 saturated heterocycles. The number of hydrogen-bond acceptors (Lipinski definition) is 6. The zero-order chi connectivity index (χ0) is 20.6. The molecular formula is C22H33N3O4. The van der Waals surface area contributed by atoms with Crippen molar-refractivity contribution < 1.29 is 19.1 Å². The Balaban J connectivity index is 1.47. The molecule has 29 heavy (non-hydrogen) atoms. The molecule has 2 heterocycles. The van der Waals surface area contributed by atoms with Crippen molar-refractivity contribution in [2.24, 2.45) is 0 Å². The van der Waals surface area contributed by atoms with Crippen molar-refractivity contribution >= 4 is 17.6 Å². The summed E-state index contributed by atoms with van der Waals surface area (Å²) in [6.45, 7) is 8.10. The molecular weight excluding hydrogens is 370 g/mol. The molecule has 1 amide bonds. The molecule has 0 aromatic heterocycles. The molecule has 1 aromatic rings. The van der Waals surface area contributed by atoms with Crippen LogP contribution >= 0.6 is 0 Å². The Hall–Kier alpha value is -1.96. The highest BCUT2D eigenvalue weighted by Crippen LogP contribution is 2.23. The zero-order valence-electron chi connectivity index (χ0n) is 17.5. The van der Waals surface area contributed by atoms with Crippen molar-refractivity contribution in [1.82, 2.24) is 10.2 Å². The zero-order valence-corrected chi connectivity index (χ0v) is 17.5. The lowest BCUT2D eigenvalue weighted by Gasteiger charge is -2.29. The second kappa shape index (κ2) is 10.7. The van der Waals surface area contributed by atoms with Gasteiger partial charge in [-0.1, -0.05) is 6.07 Å². The fraction of sp³-hybridized carbons (Fsp3) is 0.636. The summed E-state index contributed by atoms with van der Waals surface area (Å²) in [4.78, 5) is 26.3. The summed E-state index contributed by atoms with van der Waals surface area (Å²) in [6.07, 6.45) is 3.34. The predicted molar refractivity (Wildman–Crippen MR) is 112 cm³/mol. The lowest BCUT2D eigenvalue weighted by atomic mass is 9.99. The van der Waals surface area contributed by atoms with Gasteiger partial charge < -0.3 is 20.1 Å². The average molecular weight is 404 g/mol. The summed E-state index contributed by atoms with van der Waals surface area (Å²) in [5.41, 5.74) is 3.30. The Labute approximate surface area is 173 Å². The molecule has 0 aliphatic carbocycles. The van der Waals surface area contributed by atoms with Crippen LogP contribution in [0.4, 0.5) is 5.69 Å². The van der Waals surface area contributed by atoms with Crippen molar-refractivity contribution in [3.8, 4) is 0 Å². The molecule has 3 rings (SSSR count). The molecule has 1 fully saturated rings. The number of nitrogens with one attached hydrogen (secondary N) is 2. The molecule has 0 spiro atoms. The van der Waals surface area contributed by atoms with E-state index in [-0.39, 0.29) is 30.7 Å². The Morgan fingerprint density at radius 1 is 1.24 bits per heavy atom. The van der Waals surface area contributed by atoms with Gasteiger partial charge in [0.2, 0.25) is 5.91 Å².